The molecule has 0 aliphatic carbocycles. The summed E-state index contributed by atoms with van der Waals surface area (Å²) >= 11 is 3.47. The molecule has 0 heterocycles. The number of ether oxygens (including phenoxy) is 1. The first-order valence-corrected chi connectivity index (χ1v) is 8.01. The highest BCUT2D eigenvalue weighted by Crippen LogP contribution is 2.27. The molecular formula is C18H20BrNO2. The zero-order chi connectivity index (χ0) is 16.1. The van der Waals surface area contributed by atoms with E-state index in [1.807, 2.05) is 42.5 Å². The summed E-state index contributed by atoms with van der Waals surface area (Å²) in [6, 6.07) is 13.5. The molecule has 2 rings (SSSR count). The number of hydrogen-bond acceptors (Lipinski definition) is 2. The summed E-state index contributed by atoms with van der Waals surface area (Å²) in [5, 5.41) is 3.01. The minimum Gasteiger partial charge on any atom is -0.497 e. The molecule has 0 bridgehead atoms. The molecule has 116 valence electrons. The molecule has 1 N–H and O–H groups in total. The predicted molar refractivity (Wildman–Crippen MR) is 93.6 cm³/mol. The summed E-state index contributed by atoms with van der Waals surface area (Å²) in [4.78, 5) is 12.2. The Morgan fingerprint density at radius 2 is 1.86 bits per heavy atom. The second kappa shape index (κ2) is 7.45. The molecule has 0 aliphatic heterocycles. The molecule has 0 saturated carbocycles. The summed E-state index contributed by atoms with van der Waals surface area (Å²) < 4.78 is 6.14. The predicted octanol–water partition coefficient (Wildman–Crippen LogP) is 4.76. The van der Waals surface area contributed by atoms with Crippen molar-refractivity contribution in [3.63, 3.8) is 0 Å². The van der Waals surface area contributed by atoms with Crippen LogP contribution < -0.4 is 10.1 Å². The van der Waals surface area contributed by atoms with Crippen LogP contribution in [0.1, 0.15) is 30.9 Å². The van der Waals surface area contributed by atoms with Crippen LogP contribution in [0.4, 0.5) is 5.69 Å². The number of methoxy groups -OCH3 is 1. The average Bonchev–Trinajstić information content (AvgIpc) is 2.49. The van der Waals surface area contributed by atoms with Gasteiger partial charge in [-0.25, -0.2) is 0 Å². The van der Waals surface area contributed by atoms with Crippen LogP contribution in [0.3, 0.4) is 0 Å². The second-order valence-corrected chi connectivity index (χ2v) is 6.37. The number of rotatable bonds is 5. The van der Waals surface area contributed by atoms with Crippen molar-refractivity contribution in [2.24, 2.45) is 0 Å². The van der Waals surface area contributed by atoms with Gasteiger partial charge in [-0.2, -0.15) is 0 Å². The molecule has 0 fully saturated rings. The largest absolute Gasteiger partial charge is 0.497 e. The number of nitrogens with one attached hydrogen (secondary N) is 1. The number of carbonyl (C=O) groups excluding carboxylic acids is 1. The molecule has 0 atom stereocenters. The Labute approximate surface area is 139 Å². The van der Waals surface area contributed by atoms with Gasteiger partial charge in [-0.05, 0) is 47.4 Å². The van der Waals surface area contributed by atoms with Crippen LogP contribution in [0.5, 0.6) is 5.75 Å². The SMILES string of the molecule is COc1ccc(CC(=O)Nc2ccc(Br)cc2C(C)C)cc1. The van der Waals surface area contributed by atoms with E-state index in [4.69, 9.17) is 4.74 Å². The van der Waals surface area contributed by atoms with Crippen molar-refractivity contribution in [2.75, 3.05) is 12.4 Å². The van der Waals surface area contributed by atoms with E-state index in [0.29, 0.717) is 12.3 Å². The average molecular weight is 362 g/mol. The van der Waals surface area contributed by atoms with E-state index in [0.717, 1.165) is 27.0 Å². The molecular weight excluding hydrogens is 342 g/mol. The van der Waals surface area contributed by atoms with E-state index < -0.39 is 0 Å². The van der Waals surface area contributed by atoms with Crippen molar-refractivity contribution in [1.82, 2.24) is 0 Å². The lowest BCUT2D eigenvalue weighted by Crippen LogP contribution is -2.16. The Morgan fingerprint density at radius 3 is 2.45 bits per heavy atom. The lowest BCUT2D eigenvalue weighted by Gasteiger charge is -2.14. The quantitative estimate of drug-likeness (QED) is 0.833. The molecule has 2 aromatic rings. The molecule has 0 saturated heterocycles. The highest BCUT2D eigenvalue weighted by atomic mass is 79.9. The maximum atomic E-state index is 12.2. The van der Waals surface area contributed by atoms with Crippen molar-refractivity contribution in [3.05, 3.63) is 58.1 Å². The topological polar surface area (TPSA) is 38.3 Å². The van der Waals surface area contributed by atoms with Crippen LogP contribution in [-0.4, -0.2) is 13.0 Å². The van der Waals surface area contributed by atoms with Gasteiger partial charge in [0.25, 0.3) is 0 Å². The second-order valence-electron chi connectivity index (χ2n) is 5.46. The van der Waals surface area contributed by atoms with E-state index in [-0.39, 0.29) is 5.91 Å². The molecule has 22 heavy (non-hydrogen) atoms. The third kappa shape index (κ3) is 4.34. The van der Waals surface area contributed by atoms with Crippen LogP contribution >= 0.6 is 15.9 Å². The summed E-state index contributed by atoms with van der Waals surface area (Å²) in [6.45, 7) is 4.22. The fourth-order valence-corrected chi connectivity index (χ4v) is 2.63. The van der Waals surface area contributed by atoms with Gasteiger partial charge in [0, 0.05) is 10.2 Å². The lowest BCUT2D eigenvalue weighted by molar-refractivity contribution is -0.115. The Morgan fingerprint density at radius 1 is 1.18 bits per heavy atom. The van der Waals surface area contributed by atoms with Crippen LogP contribution in [0.15, 0.2) is 46.9 Å². The molecule has 0 spiro atoms. The summed E-state index contributed by atoms with van der Waals surface area (Å²) in [7, 11) is 1.63. The minimum absolute atomic E-state index is 0.0191. The molecule has 3 nitrogen and oxygen atoms in total. The first kappa shape index (κ1) is 16.6. The maximum absolute atomic E-state index is 12.2. The molecule has 0 unspecified atom stereocenters. The first-order valence-electron chi connectivity index (χ1n) is 7.22. The van der Waals surface area contributed by atoms with Gasteiger partial charge in [0.15, 0.2) is 0 Å². The van der Waals surface area contributed by atoms with Crippen molar-refractivity contribution in [2.45, 2.75) is 26.2 Å². The van der Waals surface area contributed by atoms with Crippen molar-refractivity contribution < 1.29 is 9.53 Å². The number of carbonyl (C=O) groups is 1. The number of halogens is 1. The minimum atomic E-state index is -0.0191. The third-order valence-corrected chi connectivity index (χ3v) is 3.93. The summed E-state index contributed by atoms with van der Waals surface area (Å²) in [5.41, 5.74) is 2.95. The van der Waals surface area contributed by atoms with Crippen molar-refractivity contribution in [1.29, 1.82) is 0 Å². The fraction of sp³-hybridized carbons (Fsp3) is 0.278. The normalized spacial score (nSPS) is 10.6. The fourth-order valence-electron chi connectivity index (χ4n) is 2.25. The number of anilines is 1. The van der Waals surface area contributed by atoms with Gasteiger partial charge in [0.05, 0.1) is 13.5 Å². The van der Waals surface area contributed by atoms with E-state index >= 15 is 0 Å². The number of benzene rings is 2. The Balaban J connectivity index is 2.08. The lowest BCUT2D eigenvalue weighted by atomic mass is 10.0. The Hall–Kier alpha value is -1.81. The van der Waals surface area contributed by atoms with E-state index in [1.165, 1.54) is 0 Å². The zero-order valence-corrected chi connectivity index (χ0v) is 14.6. The van der Waals surface area contributed by atoms with Gasteiger partial charge in [-0.15, -0.1) is 0 Å². The first-order chi connectivity index (χ1) is 10.5. The van der Waals surface area contributed by atoms with Crippen molar-refractivity contribution in [3.8, 4) is 5.75 Å². The highest BCUT2D eigenvalue weighted by Gasteiger charge is 2.11. The van der Waals surface area contributed by atoms with E-state index in [1.54, 1.807) is 7.11 Å². The zero-order valence-electron chi connectivity index (χ0n) is 13.0. The van der Waals surface area contributed by atoms with Gasteiger partial charge < -0.3 is 10.1 Å². The standard InChI is InChI=1S/C18H20BrNO2/c1-12(2)16-11-14(19)6-9-17(16)20-18(21)10-13-4-7-15(22-3)8-5-13/h4-9,11-12H,10H2,1-3H3,(H,20,21). The van der Waals surface area contributed by atoms with Crippen molar-refractivity contribution >= 4 is 27.5 Å². The number of amides is 1. The third-order valence-electron chi connectivity index (χ3n) is 3.43. The van der Waals surface area contributed by atoms with Crippen LogP contribution in [0, 0.1) is 0 Å². The van der Waals surface area contributed by atoms with Gasteiger partial charge in [0.1, 0.15) is 5.75 Å². The Bertz CT molecular complexity index is 651. The molecule has 1 amide bonds. The molecule has 0 aliphatic rings. The Kier molecular flexibility index (Phi) is 5.61. The van der Waals surface area contributed by atoms with Gasteiger partial charge in [0.2, 0.25) is 5.91 Å². The molecule has 0 aromatic heterocycles. The maximum Gasteiger partial charge on any atom is 0.228 e. The monoisotopic (exact) mass is 361 g/mol. The number of hydrogen-bond donors (Lipinski definition) is 1. The van der Waals surface area contributed by atoms with E-state index in [2.05, 4.69) is 35.1 Å². The van der Waals surface area contributed by atoms with Gasteiger partial charge in [-0.1, -0.05) is 41.9 Å². The van der Waals surface area contributed by atoms with Crippen LogP contribution in [0.2, 0.25) is 0 Å². The molecule has 2 aromatic carbocycles. The molecule has 0 radical (unpaired) electrons. The molecule has 4 heteroatoms. The summed E-state index contributed by atoms with van der Waals surface area (Å²) in [6.07, 6.45) is 0.345. The smallest absolute Gasteiger partial charge is 0.228 e. The highest BCUT2D eigenvalue weighted by molar-refractivity contribution is 9.10. The van der Waals surface area contributed by atoms with Crippen LogP contribution in [0.25, 0.3) is 0 Å². The summed E-state index contributed by atoms with van der Waals surface area (Å²) in [5.74, 6) is 1.11. The van der Waals surface area contributed by atoms with E-state index in [9.17, 15) is 4.79 Å². The van der Waals surface area contributed by atoms with Crippen LogP contribution in [-0.2, 0) is 11.2 Å². The van der Waals surface area contributed by atoms with Gasteiger partial charge >= 0.3 is 0 Å². The van der Waals surface area contributed by atoms with Gasteiger partial charge in [-0.3, -0.25) is 4.79 Å².